The first-order chi connectivity index (χ1) is 17.8. The molecule has 0 saturated heterocycles. The predicted molar refractivity (Wildman–Crippen MR) is 143 cm³/mol. The monoisotopic (exact) mass is 496 g/mol. The molecule has 0 unspecified atom stereocenters. The number of hydrogen-bond acceptors (Lipinski definition) is 4. The summed E-state index contributed by atoms with van der Waals surface area (Å²) in [4.78, 5) is 27.3. The number of benzene rings is 3. The smallest absolute Gasteiger partial charge is 0.304 e. The molecule has 1 aliphatic rings. The van der Waals surface area contributed by atoms with E-state index in [1.54, 1.807) is 0 Å². The summed E-state index contributed by atoms with van der Waals surface area (Å²) >= 11 is 0. The average Bonchev–Trinajstić information content (AvgIpc) is 3.31. The Balaban J connectivity index is 1.51. The molecule has 5 rings (SSSR count). The highest BCUT2D eigenvalue weighted by molar-refractivity contribution is 5.97. The SMILES string of the molecule is CCn1nnc2c(C)c([C@@H](CC(=O)O)c3ccc4c(c3)CN(C(=O)c3c(C)cccc3C)CC4)ccc21. The summed E-state index contributed by atoms with van der Waals surface area (Å²) in [7, 11) is 0. The maximum atomic E-state index is 13.5. The third-order valence-electron chi connectivity index (χ3n) is 7.66. The zero-order valence-corrected chi connectivity index (χ0v) is 21.8. The highest BCUT2D eigenvalue weighted by Crippen LogP contribution is 2.35. The third kappa shape index (κ3) is 4.50. The maximum Gasteiger partial charge on any atom is 0.304 e. The van der Waals surface area contributed by atoms with Gasteiger partial charge in [0.15, 0.2) is 0 Å². The highest BCUT2D eigenvalue weighted by Gasteiger charge is 2.27. The van der Waals surface area contributed by atoms with Crippen LogP contribution in [0.1, 0.15) is 68.6 Å². The van der Waals surface area contributed by atoms with Crippen LogP contribution in [0.15, 0.2) is 48.5 Å². The molecule has 0 bridgehead atoms. The first kappa shape index (κ1) is 24.7. The number of carboxylic acid groups (broad SMARTS) is 1. The molecule has 7 heteroatoms. The van der Waals surface area contributed by atoms with E-state index in [0.29, 0.717) is 13.1 Å². The number of aromatic nitrogens is 3. The molecule has 1 aliphatic heterocycles. The van der Waals surface area contributed by atoms with E-state index in [1.807, 2.05) is 73.7 Å². The van der Waals surface area contributed by atoms with Gasteiger partial charge in [-0.2, -0.15) is 0 Å². The molecule has 1 amide bonds. The van der Waals surface area contributed by atoms with Crippen LogP contribution in [-0.4, -0.2) is 43.4 Å². The van der Waals surface area contributed by atoms with Crippen molar-refractivity contribution in [3.63, 3.8) is 0 Å². The molecular formula is C30H32N4O3. The van der Waals surface area contributed by atoms with Crippen molar-refractivity contribution in [2.75, 3.05) is 6.54 Å². The Bertz CT molecular complexity index is 1500. The standard InChI is InChI=1S/C30H32N4O3/c1-5-34-26-12-11-24(20(4)29(26)31-32-34)25(16-27(35)36)22-10-9-21-13-14-33(17-23(21)15-22)30(37)28-18(2)7-6-8-19(28)3/h6-12,15,25H,5,13-14,16-17H2,1-4H3,(H,35,36)/t25-/m0/s1. The first-order valence-electron chi connectivity index (χ1n) is 12.8. The van der Waals surface area contributed by atoms with E-state index in [2.05, 4.69) is 22.4 Å². The molecule has 0 spiro atoms. The van der Waals surface area contributed by atoms with Gasteiger partial charge < -0.3 is 10.0 Å². The van der Waals surface area contributed by atoms with Gasteiger partial charge in [0, 0.05) is 31.1 Å². The van der Waals surface area contributed by atoms with Gasteiger partial charge in [-0.3, -0.25) is 9.59 Å². The average molecular weight is 497 g/mol. The minimum absolute atomic E-state index is 0.0297. The van der Waals surface area contributed by atoms with Crippen molar-refractivity contribution in [2.24, 2.45) is 0 Å². The Morgan fingerprint density at radius 1 is 1.03 bits per heavy atom. The van der Waals surface area contributed by atoms with E-state index in [0.717, 1.165) is 62.9 Å². The number of amides is 1. The van der Waals surface area contributed by atoms with Crippen LogP contribution >= 0.6 is 0 Å². The number of nitrogens with zero attached hydrogens (tertiary/aromatic N) is 4. The Morgan fingerprint density at radius 3 is 2.49 bits per heavy atom. The van der Waals surface area contributed by atoms with Crippen LogP contribution in [0.5, 0.6) is 0 Å². The number of carboxylic acids is 1. The largest absolute Gasteiger partial charge is 0.481 e. The Labute approximate surface area is 216 Å². The molecule has 2 heterocycles. The van der Waals surface area contributed by atoms with Crippen LogP contribution in [0.3, 0.4) is 0 Å². The van der Waals surface area contributed by atoms with Crippen molar-refractivity contribution in [3.8, 4) is 0 Å². The molecule has 4 aromatic rings. The summed E-state index contributed by atoms with van der Waals surface area (Å²) < 4.78 is 1.85. The van der Waals surface area contributed by atoms with Crippen molar-refractivity contribution >= 4 is 22.9 Å². The van der Waals surface area contributed by atoms with Gasteiger partial charge >= 0.3 is 5.97 Å². The van der Waals surface area contributed by atoms with E-state index in [9.17, 15) is 14.7 Å². The fraction of sp³-hybridized carbons (Fsp3) is 0.333. The summed E-state index contributed by atoms with van der Waals surface area (Å²) in [6.07, 6.45) is 0.749. The van der Waals surface area contributed by atoms with Crippen molar-refractivity contribution < 1.29 is 14.7 Å². The molecule has 0 fully saturated rings. The maximum absolute atomic E-state index is 13.5. The number of aliphatic carboxylic acids is 1. The summed E-state index contributed by atoms with van der Waals surface area (Å²) in [5.74, 6) is -1.14. The van der Waals surface area contributed by atoms with Crippen molar-refractivity contribution in [2.45, 2.75) is 59.5 Å². The fourth-order valence-corrected chi connectivity index (χ4v) is 5.65. The van der Waals surface area contributed by atoms with Crippen molar-refractivity contribution in [1.29, 1.82) is 0 Å². The van der Waals surface area contributed by atoms with E-state index in [1.165, 1.54) is 5.56 Å². The fourth-order valence-electron chi connectivity index (χ4n) is 5.65. The quantitative estimate of drug-likeness (QED) is 0.397. The molecule has 3 aromatic carbocycles. The number of aryl methyl sites for hydroxylation is 4. The van der Waals surface area contributed by atoms with E-state index in [4.69, 9.17) is 0 Å². The molecule has 0 aliphatic carbocycles. The summed E-state index contributed by atoms with van der Waals surface area (Å²) in [5, 5.41) is 18.4. The van der Waals surface area contributed by atoms with Gasteiger partial charge in [0.1, 0.15) is 5.52 Å². The van der Waals surface area contributed by atoms with Gasteiger partial charge in [0.2, 0.25) is 0 Å². The lowest BCUT2D eigenvalue weighted by atomic mass is 9.83. The zero-order valence-electron chi connectivity index (χ0n) is 21.8. The lowest BCUT2D eigenvalue weighted by Gasteiger charge is -2.31. The number of fused-ring (bicyclic) bond motifs is 2. The summed E-state index contributed by atoms with van der Waals surface area (Å²) in [6.45, 7) is 9.86. The van der Waals surface area contributed by atoms with Gasteiger partial charge in [-0.1, -0.05) is 47.7 Å². The van der Waals surface area contributed by atoms with Gasteiger partial charge in [0.25, 0.3) is 5.91 Å². The molecule has 0 saturated carbocycles. The third-order valence-corrected chi connectivity index (χ3v) is 7.66. The minimum atomic E-state index is -0.855. The number of carbonyl (C=O) groups is 2. The second-order valence-electron chi connectivity index (χ2n) is 9.97. The Hall–Kier alpha value is -4.00. The highest BCUT2D eigenvalue weighted by atomic mass is 16.4. The van der Waals surface area contributed by atoms with Gasteiger partial charge in [-0.15, -0.1) is 5.10 Å². The van der Waals surface area contributed by atoms with Crippen LogP contribution in [0.4, 0.5) is 0 Å². The van der Waals surface area contributed by atoms with E-state index < -0.39 is 5.97 Å². The Kier molecular flexibility index (Phi) is 6.54. The second-order valence-corrected chi connectivity index (χ2v) is 9.97. The lowest BCUT2D eigenvalue weighted by Crippen LogP contribution is -2.36. The molecule has 37 heavy (non-hydrogen) atoms. The molecule has 1 N–H and O–H groups in total. The topological polar surface area (TPSA) is 88.3 Å². The lowest BCUT2D eigenvalue weighted by molar-refractivity contribution is -0.137. The number of carbonyl (C=O) groups excluding carboxylic acids is 1. The first-order valence-corrected chi connectivity index (χ1v) is 12.8. The molecule has 7 nitrogen and oxygen atoms in total. The van der Waals surface area contributed by atoms with Crippen LogP contribution in [0, 0.1) is 20.8 Å². The predicted octanol–water partition coefficient (Wildman–Crippen LogP) is 5.18. The van der Waals surface area contributed by atoms with Gasteiger partial charge in [-0.25, -0.2) is 4.68 Å². The Morgan fingerprint density at radius 2 is 1.78 bits per heavy atom. The van der Waals surface area contributed by atoms with Crippen LogP contribution in [0.2, 0.25) is 0 Å². The van der Waals surface area contributed by atoms with E-state index >= 15 is 0 Å². The van der Waals surface area contributed by atoms with Crippen LogP contribution in [0.25, 0.3) is 11.0 Å². The van der Waals surface area contributed by atoms with Crippen LogP contribution < -0.4 is 0 Å². The number of hydrogen-bond donors (Lipinski definition) is 1. The number of rotatable bonds is 6. The minimum Gasteiger partial charge on any atom is -0.481 e. The molecule has 1 atom stereocenters. The second kappa shape index (κ2) is 9.81. The molecule has 190 valence electrons. The van der Waals surface area contributed by atoms with E-state index in [-0.39, 0.29) is 18.2 Å². The van der Waals surface area contributed by atoms with Crippen molar-refractivity contribution in [1.82, 2.24) is 19.9 Å². The van der Waals surface area contributed by atoms with Gasteiger partial charge in [0.05, 0.1) is 11.9 Å². The molecule has 0 radical (unpaired) electrons. The summed E-state index contributed by atoms with van der Waals surface area (Å²) in [6, 6.07) is 16.2. The normalized spacial score (nSPS) is 14.0. The molecule has 1 aromatic heterocycles. The zero-order chi connectivity index (χ0) is 26.3. The summed E-state index contributed by atoms with van der Waals surface area (Å²) in [5.41, 5.74) is 9.61. The van der Waals surface area contributed by atoms with Crippen molar-refractivity contribution in [3.05, 3.63) is 93.0 Å². The molecular weight excluding hydrogens is 464 g/mol. The van der Waals surface area contributed by atoms with Crippen LogP contribution in [-0.2, 0) is 24.3 Å². The van der Waals surface area contributed by atoms with Gasteiger partial charge in [-0.05, 0) is 79.1 Å².